The Morgan fingerprint density at radius 2 is 2.24 bits per heavy atom. The number of amides is 2. The van der Waals surface area contributed by atoms with Gasteiger partial charge in [0.05, 0.1) is 19.7 Å². The van der Waals surface area contributed by atoms with Crippen LogP contribution in [0.2, 0.25) is 0 Å². The van der Waals surface area contributed by atoms with Gasteiger partial charge < -0.3 is 19.6 Å². The molecule has 2 amide bonds. The van der Waals surface area contributed by atoms with E-state index in [9.17, 15) is 18.4 Å². The highest BCUT2D eigenvalue weighted by atomic mass is 19.3. The van der Waals surface area contributed by atoms with E-state index < -0.39 is 31.1 Å². The van der Waals surface area contributed by atoms with Crippen molar-refractivity contribution in [2.75, 3.05) is 33.3 Å². The fourth-order valence-corrected chi connectivity index (χ4v) is 1.50. The lowest BCUT2D eigenvalue weighted by Gasteiger charge is -2.33. The summed E-state index contributed by atoms with van der Waals surface area (Å²) in [6.45, 7) is -0.503. The number of morpholine rings is 1. The van der Waals surface area contributed by atoms with Gasteiger partial charge in [0.1, 0.15) is 0 Å². The number of ether oxygens (including phenoxy) is 1. The average Bonchev–Trinajstić information content (AvgIpc) is 2.27. The van der Waals surface area contributed by atoms with Gasteiger partial charge in [-0.1, -0.05) is 0 Å². The minimum atomic E-state index is -2.61. The van der Waals surface area contributed by atoms with Crippen molar-refractivity contribution in [3.8, 4) is 0 Å². The molecule has 0 bridgehead atoms. The molecule has 1 atom stereocenters. The molecule has 1 saturated heterocycles. The van der Waals surface area contributed by atoms with Crippen molar-refractivity contribution in [2.24, 2.45) is 0 Å². The first-order valence-electron chi connectivity index (χ1n) is 5.04. The first-order chi connectivity index (χ1) is 7.91. The number of hydrogen-bond acceptors (Lipinski definition) is 3. The molecule has 1 aliphatic rings. The monoisotopic (exact) mass is 252 g/mol. The highest BCUT2D eigenvalue weighted by Crippen LogP contribution is 2.09. The minimum absolute atomic E-state index is 0.0885. The second kappa shape index (κ2) is 5.76. The summed E-state index contributed by atoms with van der Waals surface area (Å²) in [4.78, 5) is 24.4. The lowest BCUT2D eigenvalue weighted by molar-refractivity contribution is -0.154. The van der Waals surface area contributed by atoms with Crippen molar-refractivity contribution in [2.45, 2.75) is 12.5 Å². The third-order valence-corrected chi connectivity index (χ3v) is 2.35. The zero-order valence-electron chi connectivity index (χ0n) is 9.31. The molecule has 8 heteroatoms. The van der Waals surface area contributed by atoms with Crippen LogP contribution in [0.25, 0.3) is 0 Å². The number of urea groups is 1. The van der Waals surface area contributed by atoms with Crippen LogP contribution in [0.3, 0.4) is 0 Å². The Morgan fingerprint density at radius 1 is 1.59 bits per heavy atom. The molecule has 0 aromatic rings. The summed E-state index contributed by atoms with van der Waals surface area (Å²) in [5, 5.41) is 8.73. The van der Waals surface area contributed by atoms with E-state index in [4.69, 9.17) is 9.84 Å². The van der Waals surface area contributed by atoms with Gasteiger partial charge in [0, 0.05) is 13.6 Å². The van der Waals surface area contributed by atoms with Crippen molar-refractivity contribution >= 4 is 12.0 Å². The van der Waals surface area contributed by atoms with E-state index in [2.05, 4.69) is 0 Å². The number of rotatable bonds is 3. The Labute approximate surface area is 96.7 Å². The highest BCUT2D eigenvalue weighted by molar-refractivity contribution is 5.77. The highest BCUT2D eigenvalue weighted by Gasteiger charge is 2.30. The molecule has 0 radical (unpaired) electrons. The van der Waals surface area contributed by atoms with E-state index >= 15 is 0 Å². The van der Waals surface area contributed by atoms with Gasteiger partial charge in [-0.3, -0.25) is 0 Å². The predicted octanol–water partition coefficient (Wildman–Crippen LogP) is 0.0887. The maximum Gasteiger partial charge on any atom is 0.334 e. The number of carboxylic acid groups (broad SMARTS) is 1. The van der Waals surface area contributed by atoms with Crippen LogP contribution in [0.1, 0.15) is 0 Å². The Balaban J connectivity index is 2.54. The van der Waals surface area contributed by atoms with Crippen molar-refractivity contribution in [3.05, 3.63) is 0 Å². The van der Waals surface area contributed by atoms with Crippen LogP contribution >= 0.6 is 0 Å². The number of carboxylic acids is 1. The molecule has 0 saturated carbocycles. The molecule has 0 aromatic carbocycles. The van der Waals surface area contributed by atoms with Crippen LogP contribution in [-0.2, 0) is 9.53 Å². The van der Waals surface area contributed by atoms with Crippen molar-refractivity contribution in [3.63, 3.8) is 0 Å². The second-order valence-electron chi connectivity index (χ2n) is 3.70. The van der Waals surface area contributed by atoms with Gasteiger partial charge in [-0.15, -0.1) is 0 Å². The molecule has 0 spiro atoms. The van der Waals surface area contributed by atoms with Gasteiger partial charge in [0.15, 0.2) is 6.10 Å². The third kappa shape index (κ3) is 3.81. The summed E-state index contributed by atoms with van der Waals surface area (Å²) in [5.41, 5.74) is 0. The van der Waals surface area contributed by atoms with Crippen LogP contribution < -0.4 is 0 Å². The third-order valence-electron chi connectivity index (χ3n) is 2.35. The molecule has 1 N–H and O–H groups in total. The van der Waals surface area contributed by atoms with Crippen LogP contribution in [0, 0.1) is 0 Å². The molecule has 0 aromatic heterocycles. The van der Waals surface area contributed by atoms with Gasteiger partial charge >= 0.3 is 12.0 Å². The summed E-state index contributed by atoms with van der Waals surface area (Å²) < 4.78 is 29.1. The van der Waals surface area contributed by atoms with Gasteiger partial charge in [-0.2, -0.15) is 0 Å². The van der Waals surface area contributed by atoms with E-state index in [1.807, 2.05) is 0 Å². The molecule has 98 valence electrons. The van der Waals surface area contributed by atoms with Crippen molar-refractivity contribution in [1.29, 1.82) is 0 Å². The molecule has 1 unspecified atom stereocenters. The fourth-order valence-electron chi connectivity index (χ4n) is 1.50. The van der Waals surface area contributed by atoms with E-state index in [1.54, 1.807) is 0 Å². The standard InChI is InChI=1S/C9H14F2N2O4/c1-12(5-7(10)11)9(16)13-2-3-17-6(4-13)8(14)15/h6-7H,2-5H2,1H3,(H,14,15). The van der Waals surface area contributed by atoms with Gasteiger partial charge in [-0.05, 0) is 0 Å². The van der Waals surface area contributed by atoms with Gasteiger partial charge in [-0.25, -0.2) is 18.4 Å². The summed E-state index contributed by atoms with van der Waals surface area (Å²) in [6.07, 6.45) is -3.70. The van der Waals surface area contributed by atoms with Crippen LogP contribution in [0.15, 0.2) is 0 Å². The maximum absolute atomic E-state index is 12.1. The average molecular weight is 252 g/mol. The smallest absolute Gasteiger partial charge is 0.334 e. The topological polar surface area (TPSA) is 70.1 Å². The number of nitrogens with zero attached hydrogens (tertiary/aromatic N) is 2. The Hall–Kier alpha value is -1.44. The molecule has 1 heterocycles. The molecular formula is C9H14F2N2O4. The van der Waals surface area contributed by atoms with Crippen molar-refractivity contribution in [1.82, 2.24) is 9.80 Å². The lowest BCUT2D eigenvalue weighted by Crippen LogP contribution is -2.52. The maximum atomic E-state index is 12.1. The quantitative estimate of drug-likeness (QED) is 0.772. The zero-order valence-corrected chi connectivity index (χ0v) is 9.31. The first-order valence-corrected chi connectivity index (χ1v) is 5.04. The summed E-state index contributed by atoms with van der Waals surface area (Å²) >= 11 is 0. The minimum Gasteiger partial charge on any atom is -0.479 e. The lowest BCUT2D eigenvalue weighted by atomic mass is 10.3. The molecule has 6 nitrogen and oxygen atoms in total. The van der Waals surface area contributed by atoms with Gasteiger partial charge in [0.2, 0.25) is 0 Å². The summed E-state index contributed by atoms with van der Waals surface area (Å²) in [6, 6.07) is -0.611. The summed E-state index contributed by atoms with van der Waals surface area (Å²) in [7, 11) is 1.25. The summed E-state index contributed by atoms with van der Waals surface area (Å²) in [5.74, 6) is -1.17. The van der Waals surface area contributed by atoms with Crippen LogP contribution in [0.5, 0.6) is 0 Å². The van der Waals surface area contributed by atoms with Gasteiger partial charge in [0.25, 0.3) is 6.43 Å². The first kappa shape index (κ1) is 13.6. The molecular weight excluding hydrogens is 238 g/mol. The number of hydrogen-bond donors (Lipinski definition) is 1. The molecule has 1 rings (SSSR count). The Bertz CT molecular complexity index is 301. The van der Waals surface area contributed by atoms with Crippen LogP contribution in [0.4, 0.5) is 13.6 Å². The largest absolute Gasteiger partial charge is 0.479 e. The van der Waals surface area contributed by atoms with E-state index in [-0.39, 0.29) is 19.7 Å². The normalized spacial score (nSPS) is 20.5. The SMILES string of the molecule is CN(CC(F)F)C(=O)N1CCOC(C(=O)O)C1. The number of carbonyl (C=O) groups excluding carboxylic acids is 1. The second-order valence-corrected chi connectivity index (χ2v) is 3.70. The number of carbonyl (C=O) groups is 2. The number of aliphatic carboxylic acids is 1. The molecule has 0 aliphatic carbocycles. The van der Waals surface area contributed by atoms with E-state index in [0.717, 1.165) is 4.90 Å². The zero-order chi connectivity index (χ0) is 13.0. The number of halogens is 2. The predicted molar refractivity (Wildman–Crippen MR) is 53.0 cm³/mol. The Morgan fingerprint density at radius 3 is 2.76 bits per heavy atom. The van der Waals surface area contributed by atoms with Crippen molar-refractivity contribution < 1.29 is 28.2 Å². The molecule has 1 fully saturated rings. The van der Waals surface area contributed by atoms with E-state index in [1.165, 1.54) is 11.9 Å². The van der Waals surface area contributed by atoms with E-state index in [0.29, 0.717) is 0 Å². The van der Waals surface area contributed by atoms with Crippen LogP contribution in [-0.4, -0.2) is 72.7 Å². The fraction of sp³-hybridized carbons (Fsp3) is 0.778. The number of alkyl halides is 2. The molecule has 1 aliphatic heterocycles. The Kier molecular flexibility index (Phi) is 4.62. The molecule has 17 heavy (non-hydrogen) atoms.